The molecule has 1 aromatic rings. The summed E-state index contributed by atoms with van der Waals surface area (Å²) in [5, 5.41) is 0. The van der Waals surface area contributed by atoms with Crippen LogP contribution in [0.15, 0.2) is 24.3 Å². The number of nitrogens with one attached hydrogen (secondary N) is 1. The van der Waals surface area contributed by atoms with Crippen LogP contribution in [-0.4, -0.2) is 18.8 Å². The largest absolute Gasteiger partial charge is 0.350 e. The molecule has 0 bridgehead atoms. The predicted molar refractivity (Wildman–Crippen MR) is 62.9 cm³/mol. The highest BCUT2D eigenvalue weighted by Crippen LogP contribution is 2.12. The van der Waals surface area contributed by atoms with Gasteiger partial charge in [0.25, 0.3) is 0 Å². The molecule has 0 saturated carbocycles. The number of hydrogen-bond acceptors (Lipinski definition) is 3. The molecule has 0 radical (unpaired) electrons. The van der Waals surface area contributed by atoms with Crippen molar-refractivity contribution >= 4 is 5.91 Å². The minimum atomic E-state index is -0.387. The second-order valence-corrected chi connectivity index (χ2v) is 4.21. The van der Waals surface area contributed by atoms with Crippen molar-refractivity contribution in [2.45, 2.75) is 32.0 Å². The zero-order valence-electron chi connectivity index (χ0n) is 10.0. The van der Waals surface area contributed by atoms with Gasteiger partial charge in [-0.15, -0.1) is 0 Å². The first-order chi connectivity index (χ1) is 8.75. The third-order valence-corrected chi connectivity index (χ3v) is 2.75. The van der Waals surface area contributed by atoms with E-state index >= 15 is 0 Å². The number of carbonyl (C=O) groups is 1. The van der Waals surface area contributed by atoms with Crippen molar-refractivity contribution in [3.63, 3.8) is 0 Å². The molecule has 1 saturated heterocycles. The van der Waals surface area contributed by atoms with Gasteiger partial charge in [-0.25, -0.2) is 14.7 Å². The van der Waals surface area contributed by atoms with Gasteiger partial charge >= 0.3 is 0 Å². The van der Waals surface area contributed by atoms with E-state index in [2.05, 4.69) is 5.48 Å². The lowest BCUT2D eigenvalue weighted by Crippen LogP contribution is -2.34. The van der Waals surface area contributed by atoms with Gasteiger partial charge in [0.05, 0.1) is 6.42 Å². The average molecular weight is 253 g/mol. The van der Waals surface area contributed by atoms with Gasteiger partial charge in [-0.1, -0.05) is 18.2 Å². The fraction of sp³-hybridized carbons (Fsp3) is 0.462. The van der Waals surface area contributed by atoms with E-state index in [0.29, 0.717) is 12.2 Å². The molecule has 0 aliphatic carbocycles. The van der Waals surface area contributed by atoms with E-state index in [1.165, 1.54) is 6.07 Å². The van der Waals surface area contributed by atoms with Crippen molar-refractivity contribution in [2.75, 3.05) is 6.61 Å². The van der Waals surface area contributed by atoms with Crippen molar-refractivity contribution in [3.8, 4) is 0 Å². The second-order valence-electron chi connectivity index (χ2n) is 4.21. The molecule has 4 nitrogen and oxygen atoms in total. The summed E-state index contributed by atoms with van der Waals surface area (Å²) in [6.07, 6.45) is 2.37. The molecule has 5 heteroatoms. The molecule has 0 spiro atoms. The molecule has 0 aromatic heterocycles. The monoisotopic (exact) mass is 253 g/mol. The van der Waals surface area contributed by atoms with Crippen LogP contribution in [0.4, 0.5) is 4.39 Å². The van der Waals surface area contributed by atoms with Crippen LogP contribution in [0.5, 0.6) is 0 Å². The summed E-state index contributed by atoms with van der Waals surface area (Å²) in [6, 6.07) is 6.18. The SMILES string of the molecule is O=C(Cc1ccccc1F)NO[C@H]1CCCCO1. The Hall–Kier alpha value is -1.46. The number of hydrogen-bond donors (Lipinski definition) is 1. The van der Waals surface area contributed by atoms with Crippen molar-refractivity contribution in [1.82, 2.24) is 5.48 Å². The maximum Gasteiger partial charge on any atom is 0.248 e. The molecule has 1 aliphatic rings. The maximum atomic E-state index is 13.3. The Morgan fingerprint density at radius 1 is 1.44 bits per heavy atom. The first-order valence-electron chi connectivity index (χ1n) is 6.05. The fourth-order valence-corrected chi connectivity index (χ4v) is 1.79. The normalized spacial score (nSPS) is 19.5. The Bertz CT molecular complexity index is 405. The summed E-state index contributed by atoms with van der Waals surface area (Å²) in [4.78, 5) is 16.7. The number of hydroxylamine groups is 1. The zero-order chi connectivity index (χ0) is 12.8. The fourth-order valence-electron chi connectivity index (χ4n) is 1.79. The second kappa shape index (κ2) is 6.47. The van der Waals surface area contributed by atoms with Gasteiger partial charge < -0.3 is 4.74 Å². The first kappa shape index (κ1) is 13.0. The van der Waals surface area contributed by atoms with Crippen LogP contribution in [-0.2, 0) is 20.8 Å². The number of halogens is 1. The Labute approximate surface area is 105 Å². The van der Waals surface area contributed by atoms with Gasteiger partial charge in [0.2, 0.25) is 5.91 Å². The average Bonchev–Trinajstić information content (AvgIpc) is 2.40. The summed E-state index contributed by atoms with van der Waals surface area (Å²) in [7, 11) is 0. The zero-order valence-corrected chi connectivity index (χ0v) is 10.0. The predicted octanol–water partition coefficient (Wildman–Crippen LogP) is 1.94. The van der Waals surface area contributed by atoms with Crippen molar-refractivity contribution in [3.05, 3.63) is 35.6 Å². The van der Waals surface area contributed by atoms with Crippen LogP contribution < -0.4 is 5.48 Å². The first-order valence-corrected chi connectivity index (χ1v) is 6.05. The van der Waals surface area contributed by atoms with Gasteiger partial charge in [0.15, 0.2) is 6.29 Å². The standard InChI is InChI=1S/C13H16FNO3/c14-11-6-2-1-5-10(11)9-12(16)15-18-13-7-3-4-8-17-13/h1-2,5-6,13H,3-4,7-9H2,(H,15,16)/t13-/m0/s1. The summed E-state index contributed by atoms with van der Waals surface area (Å²) >= 11 is 0. The highest BCUT2D eigenvalue weighted by Gasteiger charge is 2.16. The molecular formula is C13H16FNO3. The lowest BCUT2D eigenvalue weighted by Gasteiger charge is -2.22. The van der Waals surface area contributed by atoms with Crippen molar-refractivity contribution in [1.29, 1.82) is 0 Å². The molecule has 1 aliphatic heterocycles. The van der Waals surface area contributed by atoms with Gasteiger partial charge in [0, 0.05) is 13.0 Å². The molecule has 1 atom stereocenters. The van der Waals surface area contributed by atoms with Crippen LogP contribution in [0, 0.1) is 5.82 Å². The van der Waals surface area contributed by atoms with E-state index in [1.54, 1.807) is 18.2 Å². The van der Waals surface area contributed by atoms with Gasteiger partial charge in [-0.05, 0) is 24.5 Å². The van der Waals surface area contributed by atoms with E-state index in [4.69, 9.17) is 9.57 Å². The number of rotatable bonds is 4. The Morgan fingerprint density at radius 3 is 3.00 bits per heavy atom. The smallest absolute Gasteiger partial charge is 0.248 e. The van der Waals surface area contributed by atoms with E-state index in [1.807, 2.05) is 0 Å². The molecular weight excluding hydrogens is 237 g/mol. The van der Waals surface area contributed by atoms with Crippen molar-refractivity contribution in [2.24, 2.45) is 0 Å². The number of ether oxygens (including phenoxy) is 1. The number of amides is 1. The third-order valence-electron chi connectivity index (χ3n) is 2.75. The summed E-state index contributed by atoms with van der Waals surface area (Å²) < 4.78 is 18.6. The quantitative estimate of drug-likeness (QED) is 0.834. The molecule has 1 heterocycles. The van der Waals surface area contributed by atoms with Gasteiger partial charge in [-0.2, -0.15) is 0 Å². The van der Waals surface area contributed by atoms with E-state index < -0.39 is 0 Å². The van der Waals surface area contributed by atoms with E-state index in [9.17, 15) is 9.18 Å². The highest BCUT2D eigenvalue weighted by atomic mass is 19.1. The Balaban J connectivity index is 1.76. The molecule has 18 heavy (non-hydrogen) atoms. The van der Waals surface area contributed by atoms with Crippen LogP contribution in [0.3, 0.4) is 0 Å². The van der Waals surface area contributed by atoms with Crippen molar-refractivity contribution < 1.29 is 18.8 Å². The highest BCUT2D eigenvalue weighted by molar-refractivity contribution is 5.77. The molecule has 0 unspecified atom stereocenters. The summed E-state index contributed by atoms with van der Waals surface area (Å²) in [6.45, 7) is 0.647. The van der Waals surface area contributed by atoms with E-state index in [0.717, 1.165) is 19.3 Å². The third kappa shape index (κ3) is 3.78. The molecule has 1 aromatic carbocycles. The summed E-state index contributed by atoms with van der Waals surface area (Å²) in [5.74, 6) is -0.768. The Kier molecular flexibility index (Phi) is 4.66. The topological polar surface area (TPSA) is 47.6 Å². The molecule has 1 fully saturated rings. The number of benzene rings is 1. The van der Waals surface area contributed by atoms with Crippen LogP contribution in [0.1, 0.15) is 24.8 Å². The van der Waals surface area contributed by atoms with E-state index in [-0.39, 0.29) is 24.4 Å². The Morgan fingerprint density at radius 2 is 2.28 bits per heavy atom. The number of carbonyl (C=O) groups excluding carboxylic acids is 1. The van der Waals surface area contributed by atoms with Gasteiger partial charge in [0.1, 0.15) is 5.82 Å². The van der Waals surface area contributed by atoms with Crippen LogP contribution in [0.25, 0.3) is 0 Å². The minimum Gasteiger partial charge on any atom is -0.350 e. The molecule has 1 amide bonds. The molecule has 98 valence electrons. The minimum absolute atomic E-state index is 0.0423. The molecule has 2 rings (SSSR count). The maximum absolute atomic E-state index is 13.3. The summed E-state index contributed by atoms with van der Waals surface area (Å²) in [5.41, 5.74) is 2.65. The lowest BCUT2D eigenvalue weighted by molar-refractivity contribution is -0.200. The molecule has 1 N–H and O–H groups in total. The lowest BCUT2D eigenvalue weighted by atomic mass is 10.1. The van der Waals surface area contributed by atoms with Crippen LogP contribution in [0.2, 0.25) is 0 Å². The van der Waals surface area contributed by atoms with Crippen LogP contribution >= 0.6 is 0 Å². The van der Waals surface area contributed by atoms with Gasteiger partial charge in [-0.3, -0.25) is 4.79 Å².